The zero-order valence-electron chi connectivity index (χ0n) is 12.6. The predicted octanol–water partition coefficient (Wildman–Crippen LogP) is 2.74. The minimum Gasteiger partial charge on any atom is -0.493 e. The van der Waals surface area contributed by atoms with Gasteiger partial charge in [0.1, 0.15) is 5.01 Å². The van der Waals surface area contributed by atoms with E-state index in [9.17, 15) is 0 Å². The molecule has 0 bridgehead atoms. The lowest BCUT2D eigenvalue weighted by atomic mass is 10.2. The number of aryl methyl sites for hydroxylation is 1. The summed E-state index contributed by atoms with van der Waals surface area (Å²) >= 11 is 1.56. The highest BCUT2D eigenvalue weighted by atomic mass is 32.1. The van der Waals surface area contributed by atoms with Crippen molar-refractivity contribution in [3.05, 3.63) is 22.7 Å². The van der Waals surface area contributed by atoms with E-state index in [1.165, 1.54) is 0 Å². The lowest BCUT2D eigenvalue weighted by Gasteiger charge is -2.14. The molecule has 0 saturated carbocycles. The van der Waals surface area contributed by atoms with Crippen molar-refractivity contribution < 1.29 is 14.2 Å². The molecule has 0 atom stereocenters. The first-order valence-electron chi connectivity index (χ1n) is 6.57. The fourth-order valence-electron chi connectivity index (χ4n) is 1.88. The Morgan fingerprint density at radius 1 is 1.05 bits per heavy atom. The number of anilines is 1. The summed E-state index contributed by atoms with van der Waals surface area (Å²) in [7, 11) is 4.80. The molecule has 2 rings (SSSR count). The minimum absolute atomic E-state index is 0.591. The molecule has 1 aromatic heterocycles. The van der Waals surface area contributed by atoms with Crippen LogP contribution in [0.1, 0.15) is 17.5 Å². The van der Waals surface area contributed by atoms with Crippen LogP contribution in [0.25, 0.3) is 0 Å². The Balaban J connectivity index is 2.15. The van der Waals surface area contributed by atoms with Crippen molar-refractivity contribution >= 4 is 16.5 Å². The molecule has 7 heteroatoms. The first-order valence-corrected chi connectivity index (χ1v) is 7.38. The van der Waals surface area contributed by atoms with E-state index in [1.807, 2.05) is 12.1 Å². The number of rotatable bonds is 7. The summed E-state index contributed by atoms with van der Waals surface area (Å²) in [4.78, 5) is 0. The molecule has 1 heterocycles. The maximum atomic E-state index is 5.33. The molecule has 6 nitrogen and oxygen atoms in total. The van der Waals surface area contributed by atoms with E-state index >= 15 is 0 Å². The van der Waals surface area contributed by atoms with Gasteiger partial charge in [0.05, 0.1) is 21.3 Å². The van der Waals surface area contributed by atoms with E-state index in [0.29, 0.717) is 23.8 Å². The Morgan fingerprint density at radius 2 is 1.71 bits per heavy atom. The van der Waals surface area contributed by atoms with Crippen molar-refractivity contribution in [1.29, 1.82) is 0 Å². The van der Waals surface area contributed by atoms with Crippen LogP contribution in [0.3, 0.4) is 0 Å². The van der Waals surface area contributed by atoms with Gasteiger partial charge in [0.15, 0.2) is 11.5 Å². The van der Waals surface area contributed by atoms with E-state index in [2.05, 4.69) is 22.4 Å². The average Bonchev–Trinajstić information content (AvgIpc) is 2.99. The second-order valence-corrected chi connectivity index (χ2v) is 5.30. The van der Waals surface area contributed by atoms with E-state index in [4.69, 9.17) is 14.2 Å². The van der Waals surface area contributed by atoms with Gasteiger partial charge in [-0.1, -0.05) is 18.3 Å². The van der Waals surface area contributed by atoms with Gasteiger partial charge in [0.25, 0.3) is 0 Å². The number of aromatic nitrogens is 2. The molecule has 0 spiro atoms. The summed E-state index contributed by atoms with van der Waals surface area (Å²) in [6.07, 6.45) is 0.892. The Kier molecular flexibility index (Phi) is 5.21. The molecule has 1 N–H and O–H groups in total. The smallest absolute Gasteiger partial charge is 0.205 e. The maximum Gasteiger partial charge on any atom is 0.205 e. The number of benzene rings is 1. The summed E-state index contributed by atoms with van der Waals surface area (Å²) in [6.45, 7) is 2.67. The zero-order chi connectivity index (χ0) is 15.2. The van der Waals surface area contributed by atoms with Crippen LogP contribution in [0, 0.1) is 0 Å². The largest absolute Gasteiger partial charge is 0.493 e. The number of hydrogen-bond acceptors (Lipinski definition) is 7. The Morgan fingerprint density at radius 3 is 2.19 bits per heavy atom. The van der Waals surface area contributed by atoms with Crippen LogP contribution in [0.15, 0.2) is 12.1 Å². The third-order valence-corrected chi connectivity index (χ3v) is 3.96. The van der Waals surface area contributed by atoms with Gasteiger partial charge in [-0.3, -0.25) is 0 Å². The Bertz CT molecular complexity index is 576. The van der Waals surface area contributed by atoms with Crippen molar-refractivity contribution in [2.24, 2.45) is 0 Å². The average molecular weight is 309 g/mol. The summed E-state index contributed by atoms with van der Waals surface area (Å²) in [5.41, 5.74) is 1.01. The minimum atomic E-state index is 0.591. The summed E-state index contributed by atoms with van der Waals surface area (Å²) in [5, 5.41) is 13.2. The van der Waals surface area contributed by atoms with Crippen LogP contribution in [-0.4, -0.2) is 31.5 Å². The number of ether oxygens (including phenoxy) is 3. The van der Waals surface area contributed by atoms with E-state index in [1.54, 1.807) is 32.7 Å². The summed E-state index contributed by atoms with van der Waals surface area (Å²) < 4.78 is 16.0. The van der Waals surface area contributed by atoms with Gasteiger partial charge in [0.2, 0.25) is 10.9 Å². The van der Waals surface area contributed by atoms with Crippen LogP contribution >= 0.6 is 11.3 Å². The molecular formula is C14H19N3O3S. The third kappa shape index (κ3) is 3.55. The van der Waals surface area contributed by atoms with Crippen LogP contribution in [-0.2, 0) is 13.0 Å². The highest BCUT2D eigenvalue weighted by Crippen LogP contribution is 2.38. The van der Waals surface area contributed by atoms with Crippen LogP contribution in [0.4, 0.5) is 5.13 Å². The van der Waals surface area contributed by atoms with Gasteiger partial charge < -0.3 is 19.5 Å². The first-order chi connectivity index (χ1) is 10.2. The lowest BCUT2D eigenvalue weighted by molar-refractivity contribution is 0.324. The number of nitrogens with one attached hydrogen (secondary N) is 1. The van der Waals surface area contributed by atoms with Crippen LogP contribution < -0.4 is 19.5 Å². The van der Waals surface area contributed by atoms with Crippen molar-refractivity contribution in [3.63, 3.8) is 0 Å². The molecular weight excluding hydrogens is 290 g/mol. The zero-order valence-corrected chi connectivity index (χ0v) is 13.4. The maximum absolute atomic E-state index is 5.33. The monoisotopic (exact) mass is 309 g/mol. The summed E-state index contributed by atoms with van der Waals surface area (Å²) in [5.74, 6) is 1.87. The molecule has 2 aromatic rings. The van der Waals surface area contributed by atoms with Crippen LogP contribution in [0.5, 0.6) is 17.2 Å². The number of methoxy groups -OCH3 is 3. The predicted molar refractivity (Wildman–Crippen MR) is 82.7 cm³/mol. The number of hydrogen-bond donors (Lipinski definition) is 1. The molecule has 0 aliphatic carbocycles. The van der Waals surface area contributed by atoms with Gasteiger partial charge in [-0.15, -0.1) is 10.2 Å². The molecule has 0 amide bonds. The van der Waals surface area contributed by atoms with Crippen molar-refractivity contribution in [2.75, 3.05) is 26.6 Å². The van der Waals surface area contributed by atoms with Crippen molar-refractivity contribution in [3.8, 4) is 17.2 Å². The highest BCUT2D eigenvalue weighted by molar-refractivity contribution is 7.15. The fraction of sp³-hybridized carbons (Fsp3) is 0.429. The standard InChI is InChI=1S/C14H19N3O3S/c1-5-12-16-17-14(21-12)15-8-9-6-10(18-2)13(20-4)11(7-9)19-3/h6-7H,5,8H2,1-4H3,(H,15,17). The van der Waals surface area contributed by atoms with Gasteiger partial charge in [-0.05, 0) is 24.1 Å². The van der Waals surface area contributed by atoms with E-state index in [0.717, 1.165) is 22.1 Å². The molecule has 0 aliphatic heterocycles. The molecule has 0 unspecified atom stereocenters. The van der Waals surface area contributed by atoms with Gasteiger partial charge in [-0.2, -0.15) is 0 Å². The third-order valence-electron chi connectivity index (χ3n) is 2.94. The van der Waals surface area contributed by atoms with Gasteiger partial charge >= 0.3 is 0 Å². The lowest BCUT2D eigenvalue weighted by Crippen LogP contribution is -2.02. The normalized spacial score (nSPS) is 10.3. The van der Waals surface area contributed by atoms with E-state index < -0.39 is 0 Å². The highest BCUT2D eigenvalue weighted by Gasteiger charge is 2.13. The van der Waals surface area contributed by atoms with Gasteiger partial charge in [-0.25, -0.2) is 0 Å². The topological polar surface area (TPSA) is 65.5 Å². The molecule has 0 radical (unpaired) electrons. The fourth-order valence-corrected chi connectivity index (χ4v) is 2.56. The second-order valence-electron chi connectivity index (χ2n) is 4.24. The molecule has 0 saturated heterocycles. The Labute approximate surface area is 128 Å². The molecule has 114 valence electrons. The Hall–Kier alpha value is -2.02. The molecule has 21 heavy (non-hydrogen) atoms. The SMILES string of the molecule is CCc1nnc(NCc2cc(OC)c(OC)c(OC)c2)s1. The molecule has 1 aromatic carbocycles. The second kappa shape index (κ2) is 7.12. The number of nitrogens with zero attached hydrogens (tertiary/aromatic N) is 2. The van der Waals surface area contributed by atoms with Crippen molar-refractivity contribution in [1.82, 2.24) is 10.2 Å². The first kappa shape index (κ1) is 15.4. The summed E-state index contributed by atoms with van der Waals surface area (Å²) in [6, 6.07) is 3.83. The quantitative estimate of drug-likeness (QED) is 0.848. The molecule has 0 fully saturated rings. The van der Waals surface area contributed by atoms with Crippen molar-refractivity contribution in [2.45, 2.75) is 19.9 Å². The molecule has 0 aliphatic rings. The van der Waals surface area contributed by atoms with Crippen LogP contribution in [0.2, 0.25) is 0 Å². The van der Waals surface area contributed by atoms with E-state index in [-0.39, 0.29) is 0 Å². The van der Waals surface area contributed by atoms with Gasteiger partial charge in [0, 0.05) is 6.54 Å².